The molecule has 2 aromatic rings. The molecule has 0 spiro atoms. The molecule has 128 valence electrons. The number of hydrogen-bond acceptors (Lipinski definition) is 0. The van der Waals surface area contributed by atoms with Gasteiger partial charge in [0.05, 0.1) is 5.56 Å². The molecule has 0 aliphatic heterocycles. The summed E-state index contributed by atoms with van der Waals surface area (Å²) in [7, 11) is 0. The first kappa shape index (κ1) is 17.9. The smallest absolute Gasteiger partial charge is 0.361 e. The van der Waals surface area contributed by atoms with Crippen molar-refractivity contribution < 1.29 is 13.2 Å². The Labute approximate surface area is 136 Å². The Morgan fingerprint density at radius 3 is 2.22 bits per heavy atom. The van der Waals surface area contributed by atoms with Crippen LogP contribution in [-0.4, -0.2) is 4.98 Å². The van der Waals surface area contributed by atoms with Crippen LogP contribution >= 0.6 is 0 Å². The average molecular weight is 325 g/mol. The number of benzene rings is 1. The zero-order valence-corrected chi connectivity index (χ0v) is 13.8. The number of alkyl halides is 3. The predicted octanol–water partition coefficient (Wildman–Crippen LogP) is 6.87. The summed E-state index contributed by atoms with van der Waals surface area (Å²) in [5.74, 6) is 0. The van der Waals surface area contributed by atoms with Crippen LogP contribution in [0.5, 0.6) is 0 Å². The third kappa shape index (κ3) is 5.29. The molecule has 0 atom stereocenters. The van der Waals surface area contributed by atoms with Crippen molar-refractivity contribution in [1.29, 1.82) is 0 Å². The molecule has 0 aliphatic carbocycles. The minimum Gasteiger partial charge on any atom is -0.361 e. The first-order valence-corrected chi connectivity index (χ1v) is 8.69. The van der Waals surface area contributed by atoms with Gasteiger partial charge in [-0.15, -0.1) is 0 Å². The van der Waals surface area contributed by atoms with Crippen LogP contribution in [0.3, 0.4) is 0 Å². The lowest BCUT2D eigenvalue weighted by Gasteiger charge is -2.07. The molecule has 1 N–H and O–H groups in total. The number of halogens is 3. The Balaban J connectivity index is 1.83. The summed E-state index contributed by atoms with van der Waals surface area (Å²) in [4.78, 5) is 3.07. The fourth-order valence-corrected chi connectivity index (χ4v) is 3.01. The van der Waals surface area contributed by atoms with Crippen molar-refractivity contribution in [3.8, 4) is 0 Å². The number of unbranched alkanes of at least 4 members (excludes halogenated alkanes) is 7. The number of H-pyrrole nitrogens is 1. The van der Waals surface area contributed by atoms with Gasteiger partial charge in [-0.1, -0.05) is 51.9 Å². The third-order valence-corrected chi connectivity index (χ3v) is 4.39. The van der Waals surface area contributed by atoms with Crippen LogP contribution in [0.4, 0.5) is 13.2 Å². The van der Waals surface area contributed by atoms with Crippen molar-refractivity contribution in [2.45, 2.75) is 70.9 Å². The van der Waals surface area contributed by atoms with Gasteiger partial charge in [0.15, 0.2) is 0 Å². The maximum Gasteiger partial charge on any atom is 0.416 e. The quantitative estimate of drug-likeness (QED) is 0.484. The number of fused-ring (bicyclic) bond motifs is 1. The van der Waals surface area contributed by atoms with E-state index < -0.39 is 11.7 Å². The number of aromatic nitrogens is 1. The van der Waals surface area contributed by atoms with Gasteiger partial charge in [-0.2, -0.15) is 13.2 Å². The second kappa shape index (κ2) is 8.42. The molecule has 1 aromatic heterocycles. The second-order valence-electron chi connectivity index (χ2n) is 6.30. The van der Waals surface area contributed by atoms with E-state index in [4.69, 9.17) is 0 Å². The molecule has 0 bridgehead atoms. The summed E-state index contributed by atoms with van der Waals surface area (Å²) in [6, 6.07) is 3.93. The molecule has 23 heavy (non-hydrogen) atoms. The Morgan fingerprint density at radius 1 is 0.913 bits per heavy atom. The molecular formula is C19H26F3N. The summed E-state index contributed by atoms with van der Waals surface area (Å²) >= 11 is 0. The molecule has 1 nitrogen and oxygen atoms in total. The maximum atomic E-state index is 12.8. The van der Waals surface area contributed by atoms with Crippen molar-refractivity contribution in [1.82, 2.24) is 4.98 Å². The molecule has 1 heterocycles. The normalized spacial score (nSPS) is 12.2. The molecule has 0 saturated carbocycles. The van der Waals surface area contributed by atoms with Crippen LogP contribution in [0.15, 0.2) is 24.4 Å². The van der Waals surface area contributed by atoms with E-state index in [1.807, 2.05) is 6.20 Å². The van der Waals surface area contributed by atoms with Gasteiger partial charge in [-0.25, -0.2) is 0 Å². The number of rotatable bonds is 9. The number of aromatic amines is 1. The molecule has 0 amide bonds. The highest BCUT2D eigenvalue weighted by atomic mass is 19.4. The topological polar surface area (TPSA) is 15.8 Å². The van der Waals surface area contributed by atoms with Crippen molar-refractivity contribution in [3.05, 3.63) is 35.5 Å². The predicted molar refractivity (Wildman–Crippen MR) is 89.6 cm³/mol. The first-order chi connectivity index (χ1) is 11.0. The van der Waals surface area contributed by atoms with Crippen molar-refractivity contribution in [3.63, 3.8) is 0 Å². The first-order valence-electron chi connectivity index (χ1n) is 8.69. The van der Waals surface area contributed by atoms with Crippen molar-refractivity contribution in [2.75, 3.05) is 0 Å². The minimum atomic E-state index is -4.28. The monoisotopic (exact) mass is 325 g/mol. The zero-order chi connectivity index (χ0) is 16.7. The zero-order valence-electron chi connectivity index (χ0n) is 13.8. The van der Waals surface area contributed by atoms with Crippen LogP contribution in [-0.2, 0) is 12.6 Å². The van der Waals surface area contributed by atoms with E-state index in [-0.39, 0.29) is 0 Å². The molecule has 0 unspecified atom stereocenters. The highest BCUT2D eigenvalue weighted by Crippen LogP contribution is 2.32. The number of hydrogen-bond donors (Lipinski definition) is 1. The Morgan fingerprint density at radius 2 is 1.57 bits per heavy atom. The number of aryl methyl sites for hydroxylation is 1. The van der Waals surface area contributed by atoms with E-state index in [0.29, 0.717) is 5.39 Å². The van der Waals surface area contributed by atoms with Gasteiger partial charge >= 0.3 is 6.18 Å². The van der Waals surface area contributed by atoms with Gasteiger partial charge in [-0.05, 0) is 36.6 Å². The lowest BCUT2D eigenvalue weighted by molar-refractivity contribution is -0.137. The van der Waals surface area contributed by atoms with Gasteiger partial charge in [0, 0.05) is 17.1 Å². The summed E-state index contributed by atoms with van der Waals surface area (Å²) < 4.78 is 38.5. The van der Waals surface area contributed by atoms with Gasteiger partial charge in [0.2, 0.25) is 0 Å². The van der Waals surface area contributed by atoms with E-state index in [1.165, 1.54) is 50.7 Å². The largest absolute Gasteiger partial charge is 0.416 e. The third-order valence-electron chi connectivity index (χ3n) is 4.39. The van der Waals surface area contributed by atoms with Crippen molar-refractivity contribution >= 4 is 10.9 Å². The maximum absolute atomic E-state index is 12.8. The average Bonchev–Trinajstić information content (AvgIpc) is 2.91. The van der Waals surface area contributed by atoms with E-state index in [0.717, 1.165) is 36.4 Å². The Bertz CT molecular complexity index is 598. The molecule has 4 heteroatoms. The lowest BCUT2D eigenvalue weighted by Crippen LogP contribution is -2.04. The second-order valence-corrected chi connectivity index (χ2v) is 6.30. The molecule has 0 fully saturated rings. The van der Waals surface area contributed by atoms with Crippen LogP contribution in [0.2, 0.25) is 0 Å². The molecule has 0 radical (unpaired) electrons. The highest BCUT2D eigenvalue weighted by molar-refractivity contribution is 5.84. The van der Waals surface area contributed by atoms with E-state index in [9.17, 15) is 13.2 Å². The molecule has 0 aliphatic rings. The molecule has 2 rings (SSSR count). The van der Waals surface area contributed by atoms with Crippen LogP contribution < -0.4 is 0 Å². The van der Waals surface area contributed by atoms with Gasteiger partial charge < -0.3 is 4.98 Å². The highest BCUT2D eigenvalue weighted by Gasteiger charge is 2.30. The summed E-state index contributed by atoms with van der Waals surface area (Å²) in [6.07, 6.45) is 8.30. The summed E-state index contributed by atoms with van der Waals surface area (Å²) in [5.41, 5.74) is 1.21. The summed E-state index contributed by atoms with van der Waals surface area (Å²) in [5, 5.41) is 0.711. The fourth-order valence-electron chi connectivity index (χ4n) is 3.01. The standard InChI is InChI=1S/C19H26F3N/c1-2-3-4-5-6-7-8-9-10-15-14-23-18-12-11-16(13-17(15)18)19(20,21)22/h11-14,23H,2-10H2,1H3. The van der Waals surface area contributed by atoms with Crippen molar-refractivity contribution in [2.24, 2.45) is 0 Å². The van der Waals surface area contributed by atoms with E-state index >= 15 is 0 Å². The SMILES string of the molecule is CCCCCCCCCCc1c[nH]c2ccc(C(F)(F)F)cc12. The van der Waals surface area contributed by atoms with Crippen LogP contribution in [0, 0.1) is 0 Å². The molecule has 0 saturated heterocycles. The Kier molecular flexibility index (Phi) is 6.55. The molecular weight excluding hydrogens is 299 g/mol. The van der Waals surface area contributed by atoms with E-state index in [2.05, 4.69) is 11.9 Å². The van der Waals surface area contributed by atoms with Gasteiger partial charge in [0.1, 0.15) is 0 Å². The fraction of sp³-hybridized carbons (Fsp3) is 0.579. The minimum absolute atomic E-state index is 0.568. The van der Waals surface area contributed by atoms with Crippen LogP contribution in [0.1, 0.15) is 69.4 Å². The van der Waals surface area contributed by atoms with Gasteiger partial charge in [-0.3, -0.25) is 0 Å². The van der Waals surface area contributed by atoms with Gasteiger partial charge in [0.25, 0.3) is 0 Å². The summed E-state index contributed by atoms with van der Waals surface area (Å²) in [6.45, 7) is 2.21. The molecule has 1 aromatic carbocycles. The lowest BCUT2D eigenvalue weighted by atomic mass is 10.0. The Hall–Kier alpha value is -1.45. The number of nitrogens with one attached hydrogen (secondary N) is 1. The van der Waals surface area contributed by atoms with E-state index in [1.54, 1.807) is 0 Å². The van der Waals surface area contributed by atoms with Crippen LogP contribution in [0.25, 0.3) is 10.9 Å².